The van der Waals surface area contributed by atoms with E-state index in [9.17, 15) is 22.4 Å². The van der Waals surface area contributed by atoms with E-state index in [1.165, 1.54) is 0 Å². The fourth-order valence-electron chi connectivity index (χ4n) is 3.54. The molecule has 5 nitrogen and oxygen atoms in total. The summed E-state index contributed by atoms with van der Waals surface area (Å²) in [7, 11) is 0. The normalized spacial score (nSPS) is 19.1. The van der Waals surface area contributed by atoms with Crippen molar-refractivity contribution < 1.29 is 27.1 Å². The molecule has 2 aliphatic rings. The second kappa shape index (κ2) is 8.07. The zero-order valence-corrected chi connectivity index (χ0v) is 17.9. The van der Waals surface area contributed by atoms with Gasteiger partial charge < -0.3 is 9.64 Å². The van der Waals surface area contributed by atoms with E-state index in [0.717, 1.165) is 29.9 Å². The van der Waals surface area contributed by atoms with Crippen LogP contribution in [0.3, 0.4) is 0 Å². The average Bonchev–Trinajstić information content (AvgIpc) is 2.95. The molecule has 0 bridgehead atoms. The summed E-state index contributed by atoms with van der Waals surface area (Å²) in [5.74, 6) is -1.67. The number of piperidine rings is 1. The van der Waals surface area contributed by atoms with Crippen LogP contribution < -0.4 is 9.64 Å². The predicted molar refractivity (Wildman–Crippen MR) is 110 cm³/mol. The Hall–Kier alpha value is -2.17. The number of amides is 1. The standard InChI is InChI=1S/C19H13Cl2F4N3O2S/c20-10-6-12(22)14(28-17(29)13-3-1-2-4-27(13)18(28)31)7-15(10)30-16-11(21)5-9(8-26-16)19(23,24)25/h5-8,13H,1-4H2. The highest BCUT2D eigenvalue weighted by Crippen LogP contribution is 2.40. The maximum atomic E-state index is 14.7. The molecule has 1 aromatic carbocycles. The molecule has 12 heteroatoms. The zero-order valence-electron chi connectivity index (χ0n) is 15.5. The smallest absolute Gasteiger partial charge is 0.417 e. The van der Waals surface area contributed by atoms with Gasteiger partial charge in [-0.05, 0) is 43.6 Å². The van der Waals surface area contributed by atoms with E-state index in [1.807, 2.05) is 0 Å². The van der Waals surface area contributed by atoms with Crippen LogP contribution in [0.15, 0.2) is 24.4 Å². The Kier molecular flexibility index (Phi) is 5.74. The number of nitrogens with zero attached hydrogens (tertiary/aromatic N) is 3. The molecule has 1 unspecified atom stereocenters. The van der Waals surface area contributed by atoms with Crippen LogP contribution in [-0.4, -0.2) is 33.5 Å². The van der Waals surface area contributed by atoms with Crippen LogP contribution in [0.4, 0.5) is 23.2 Å². The minimum atomic E-state index is -4.63. The van der Waals surface area contributed by atoms with Crippen molar-refractivity contribution in [3.8, 4) is 11.6 Å². The van der Waals surface area contributed by atoms with Crippen LogP contribution in [0, 0.1) is 5.82 Å². The number of ether oxygens (including phenoxy) is 1. The monoisotopic (exact) mass is 493 g/mol. The van der Waals surface area contributed by atoms with Gasteiger partial charge in [0.25, 0.3) is 5.91 Å². The Labute approximate surface area is 189 Å². The van der Waals surface area contributed by atoms with Crippen LogP contribution in [0.5, 0.6) is 11.6 Å². The third kappa shape index (κ3) is 4.04. The molecule has 1 amide bonds. The van der Waals surface area contributed by atoms with Crippen molar-refractivity contribution in [2.45, 2.75) is 31.5 Å². The minimum Gasteiger partial charge on any atom is -0.436 e. The van der Waals surface area contributed by atoms with Gasteiger partial charge in [-0.3, -0.25) is 9.69 Å². The van der Waals surface area contributed by atoms with E-state index >= 15 is 0 Å². The van der Waals surface area contributed by atoms with Gasteiger partial charge >= 0.3 is 6.18 Å². The third-order valence-electron chi connectivity index (χ3n) is 5.03. The molecule has 0 radical (unpaired) electrons. The van der Waals surface area contributed by atoms with Crippen LogP contribution in [-0.2, 0) is 11.0 Å². The highest BCUT2D eigenvalue weighted by molar-refractivity contribution is 7.80. The van der Waals surface area contributed by atoms with Gasteiger partial charge in [-0.1, -0.05) is 23.2 Å². The van der Waals surface area contributed by atoms with Crippen molar-refractivity contribution in [2.24, 2.45) is 0 Å². The van der Waals surface area contributed by atoms with Gasteiger partial charge in [-0.2, -0.15) is 13.2 Å². The Bertz CT molecular complexity index is 1060. The van der Waals surface area contributed by atoms with Crippen molar-refractivity contribution in [1.82, 2.24) is 9.88 Å². The minimum absolute atomic E-state index is 0.146. The molecule has 0 saturated carbocycles. The van der Waals surface area contributed by atoms with E-state index in [2.05, 4.69) is 4.98 Å². The molecule has 164 valence electrons. The number of carbonyl (C=O) groups is 1. The van der Waals surface area contributed by atoms with Crippen molar-refractivity contribution in [3.05, 3.63) is 45.8 Å². The third-order valence-corrected chi connectivity index (χ3v) is 6.01. The highest BCUT2D eigenvalue weighted by atomic mass is 35.5. The van der Waals surface area contributed by atoms with Crippen LogP contribution >= 0.6 is 35.4 Å². The van der Waals surface area contributed by atoms with Crippen molar-refractivity contribution in [2.75, 3.05) is 11.4 Å². The second-order valence-corrected chi connectivity index (χ2v) is 8.19. The van der Waals surface area contributed by atoms with Gasteiger partial charge in [-0.25, -0.2) is 9.37 Å². The first-order chi connectivity index (χ1) is 14.6. The summed E-state index contributed by atoms with van der Waals surface area (Å²) in [6.45, 7) is 0.593. The number of hydrogen-bond acceptors (Lipinski definition) is 4. The first-order valence-corrected chi connectivity index (χ1v) is 10.3. The highest BCUT2D eigenvalue weighted by Gasteiger charge is 2.45. The molecule has 2 fully saturated rings. The number of thiocarbonyl (C=S) groups is 1. The summed E-state index contributed by atoms with van der Waals surface area (Å²) >= 11 is 17.3. The quantitative estimate of drug-likeness (QED) is 0.397. The largest absolute Gasteiger partial charge is 0.436 e. The summed E-state index contributed by atoms with van der Waals surface area (Å²) in [5, 5.41) is -0.427. The maximum Gasteiger partial charge on any atom is 0.417 e. The lowest BCUT2D eigenvalue weighted by molar-refractivity contribution is -0.137. The number of aromatic nitrogens is 1. The molecule has 0 N–H and O–H groups in total. The molecule has 0 aliphatic carbocycles. The lowest BCUT2D eigenvalue weighted by Crippen LogP contribution is -2.38. The fraction of sp³-hybridized carbons (Fsp3) is 0.316. The first-order valence-electron chi connectivity index (χ1n) is 9.12. The van der Waals surface area contributed by atoms with E-state index < -0.39 is 28.6 Å². The zero-order chi connectivity index (χ0) is 22.5. The molecular formula is C19H13Cl2F4N3O2S. The van der Waals surface area contributed by atoms with Crippen LogP contribution in [0.1, 0.15) is 24.8 Å². The molecule has 2 saturated heterocycles. The maximum absolute atomic E-state index is 14.7. The summed E-state index contributed by atoms with van der Waals surface area (Å²) < 4.78 is 58.6. The predicted octanol–water partition coefficient (Wildman–Crippen LogP) is 5.82. The number of halogens is 6. The first kappa shape index (κ1) is 22.0. The number of benzene rings is 1. The lowest BCUT2D eigenvalue weighted by Gasteiger charge is -2.27. The number of pyridine rings is 1. The Balaban J connectivity index is 1.68. The summed E-state index contributed by atoms with van der Waals surface area (Å²) in [6.07, 6.45) is -1.74. The van der Waals surface area contributed by atoms with Gasteiger partial charge in [0.15, 0.2) is 5.11 Å². The van der Waals surface area contributed by atoms with Gasteiger partial charge in [0, 0.05) is 18.8 Å². The van der Waals surface area contributed by atoms with E-state index in [0.29, 0.717) is 25.2 Å². The van der Waals surface area contributed by atoms with Gasteiger partial charge in [0.2, 0.25) is 5.88 Å². The molecule has 2 aromatic rings. The molecule has 1 aromatic heterocycles. The molecule has 4 rings (SSSR count). The van der Waals surface area contributed by atoms with Gasteiger partial charge in [-0.15, -0.1) is 0 Å². The Morgan fingerprint density at radius 2 is 1.90 bits per heavy atom. The molecule has 3 heterocycles. The van der Waals surface area contributed by atoms with Crippen LogP contribution in [0.2, 0.25) is 10.0 Å². The average molecular weight is 494 g/mol. The molecular weight excluding hydrogens is 481 g/mol. The van der Waals surface area contributed by atoms with Gasteiger partial charge in [0.1, 0.15) is 22.6 Å². The number of rotatable bonds is 3. The number of fused-ring (bicyclic) bond motifs is 1. The SMILES string of the molecule is O=C1C2CCCCN2C(=S)N1c1cc(Oc2ncc(C(F)(F)F)cc2Cl)c(Cl)cc1F. The molecule has 0 spiro atoms. The van der Waals surface area contributed by atoms with Crippen molar-refractivity contribution >= 4 is 52.1 Å². The molecule has 31 heavy (non-hydrogen) atoms. The van der Waals surface area contributed by atoms with Crippen molar-refractivity contribution in [1.29, 1.82) is 0 Å². The number of alkyl halides is 3. The topological polar surface area (TPSA) is 45.7 Å². The Morgan fingerprint density at radius 1 is 1.16 bits per heavy atom. The lowest BCUT2D eigenvalue weighted by atomic mass is 10.0. The Morgan fingerprint density at radius 3 is 2.55 bits per heavy atom. The summed E-state index contributed by atoms with van der Waals surface area (Å²) in [6, 6.07) is 2.28. The number of hydrogen-bond donors (Lipinski definition) is 0. The van der Waals surface area contributed by atoms with Crippen LogP contribution in [0.25, 0.3) is 0 Å². The van der Waals surface area contributed by atoms with Crippen molar-refractivity contribution in [3.63, 3.8) is 0 Å². The van der Waals surface area contributed by atoms with E-state index in [4.69, 9.17) is 40.2 Å². The second-order valence-electron chi connectivity index (χ2n) is 7.01. The summed E-state index contributed by atoms with van der Waals surface area (Å²) in [4.78, 5) is 19.3. The number of carbonyl (C=O) groups excluding carboxylic acids is 1. The number of anilines is 1. The van der Waals surface area contributed by atoms with E-state index in [-0.39, 0.29) is 33.4 Å². The fourth-order valence-corrected chi connectivity index (χ4v) is 4.34. The molecule has 2 aliphatic heterocycles. The molecule has 1 atom stereocenters. The van der Waals surface area contributed by atoms with E-state index in [1.54, 1.807) is 4.90 Å². The summed E-state index contributed by atoms with van der Waals surface area (Å²) in [5.41, 5.74) is -1.23. The van der Waals surface area contributed by atoms with Gasteiger partial charge in [0.05, 0.1) is 16.3 Å².